The molecule has 0 spiro atoms. The third-order valence-corrected chi connectivity index (χ3v) is 11.0. The molecular formula is C38H58O14. The van der Waals surface area contributed by atoms with E-state index in [1.807, 2.05) is 19.9 Å². The summed E-state index contributed by atoms with van der Waals surface area (Å²) in [5.41, 5.74) is -0.479. The summed E-state index contributed by atoms with van der Waals surface area (Å²) in [4.78, 5) is 72.5. The number of ether oxygens (including phenoxy) is 8. The number of hydrogen-bond acceptors (Lipinski definition) is 14. The quantitative estimate of drug-likeness (QED) is 0.102. The normalized spacial score (nSPS) is 34.6. The van der Waals surface area contributed by atoms with Gasteiger partial charge in [0.15, 0.2) is 24.6 Å². The molecule has 0 radical (unpaired) electrons. The number of carbonyl (C=O) groups excluding carboxylic acids is 6. The summed E-state index contributed by atoms with van der Waals surface area (Å²) in [5.74, 6) is -3.43. The van der Waals surface area contributed by atoms with Gasteiger partial charge in [-0.3, -0.25) is 28.8 Å². The van der Waals surface area contributed by atoms with E-state index in [1.165, 1.54) is 41.5 Å². The molecule has 2 saturated carbocycles. The van der Waals surface area contributed by atoms with Crippen LogP contribution >= 0.6 is 0 Å². The van der Waals surface area contributed by atoms with Crippen LogP contribution in [-0.2, 0) is 66.7 Å². The molecule has 52 heavy (non-hydrogen) atoms. The van der Waals surface area contributed by atoms with Gasteiger partial charge in [0.2, 0.25) is 0 Å². The SMILES string of the molecule is CC(=O)OC/C=C(\C)CC[C@H]1[C@]2(C)CCC[C@](C)(COC(C)=O)[C@H]2CC[C@]1(C)O[C@H]1O[C@@H](COC(C)=O)[C@H](OC(C)=O)[C@@H](OC(C)=O)[C@@H]1OC(C)=O. The van der Waals surface area contributed by atoms with Gasteiger partial charge in [-0.1, -0.05) is 25.8 Å². The molecule has 3 aliphatic rings. The molecule has 2 aliphatic carbocycles. The predicted molar refractivity (Wildman–Crippen MR) is 184 cm³/mol. The summed E-state index contributed by atoms with van der Waals surface area (Å²) in [6, 6.07) is 0. The number of allylic oxidation sites excluding steroid dienone is 1. The van der Waals surface area contributed by atoms with Gasteiger partial charge in [-0.05, 0) is 75.7 Å². The van der Waals surface area contributed by atoms with Crippen molar-refractivity contribution in [2.75, 3.05) is 19.8 Å². The van der Waals surface area contributed by atoms with Crippen LogP contribution in [0.15, 0.2) is 11.6 Å². The van der Waals surface area contributed by atoms with Crippen LogP contribution in [0.1, 0.15) is 114 Å². The van der Waals surface area contributed by atoms with Gasteiger partial charge in [0.05, 0.1) is 12.2 Å². The Hall–Kier alpha value is -3.52. The number of hydrogen-bond donors (Lipinski definition) is 0. The number of rotatable bonds is 14. The van der Waals surface area contributed by atoms with Crippen LogP contribution in [0, 0.1) is 22.7 Å². The zero-order chi connectivity index (χ0) is 39.0. The molecule has 294 valence electrons. The standard InChI is InChI=1S/C38H58O14/c1-22(15-19-45-23(2)39)12-13-31-37(9)17-11-16-36(8,21-47-25(4)41)30(37)14-18-38(31,10)52-35-34(50-28(7)44)33(49-27(6)43)32(48-26(5)42)29(51-35)20-46-24(3)40/h15,29-35H,11-14,16-21H2,1-10H3/b22-15+/t29-,30+,31-,32-,33+,34-,35+,36+,37+,38-/m0/s1. The minimum absolute atomic E-state index is 0.125. The molecule has 14 nitrogen and oxygen atoms in total. The maximum atomic E-state index is 12.6. The van der Waals surface area contributed by atoms with E-state index in [0.29, 0.717) is 25.9 Å². The molecule has 0 aromatic rings. The van der Waals surface area contributed by atoms with Crippen LogP contribution in [-0.4, -0.2) is 91.9 Å². The number of esters is 6. The van der Waals surface area contributed by atoms with E-state index in [4.69, 9.17) is 37.9 Å². The minimum atomic E-state index is -1.35. The number of carbonyl (C=O) groups is 6. The van der Waals surface area contributed by atoms with Crippen LogP contribution < -0.4 is 0 Å². The average Bonchev–Trinajstić information content (AvgIpc) is 3.00. The van der Waals surface area contributed by atoms with Gasteiger partial charge in [0, 0.05) is 47.0 Å². The molecular weight excluding hydrogens is 680 g/mol. The van der Waals surface area contributed by atoms with Crippen LogP contribution in [0.25, 0.3) is 0 Å². The van der Waals surface area contributed by atoms with Crippen molar-refractivity contribution >= 4 is 35.8 Å². The van der Waals surface area contributed by atoms with Crippen molar-refractivity contribution in [3.63, 3.8) is 0 Å². The van der Waals surface area contributed by atoms with Gasteiger partial charge in [-0.15, -0.1) is 0 Å². The topological polar surface area (TPSA) is 176 Å². The molecule has 14 heteroatoms. The fraction of sp³-hybridized carbons (Fsp3) is 0.789. The van der Waals surface area contributed by atoms with Crippen LogP contribution in [0.3, 0.4) is 0 Å². The van der Waals surface area contributed by atoms with Crippen molar-refractivity contribution in [3.8, 4) is 0 Å². The second-order valence-electron chi connectivity index (χ2n) is 15.3. The van der Waals surface area contributed by atoms with Crippen LogP contribution in [0.5, 0.6) is 0 Å². The molecule has 10 atom stereocenters. The Kier molecular flexibility index (Phi) is 14.8. The van der Waals surface area contributed by atoms with Crippen LogP contribution in [0.4, 0.5) is 0 Å². The fourth-order valence-corrected chi connectivity index (χ4v) is 8.96. The molecule has 0 aromatic carbocycles. The summed E-state index contributed by atoms with van der Waals surface area (Å²) in [6.45, 7) is 16.1. The Morgan fingerprint density at radius 1 is 0.692 bits per heavy atom. The predicted octanol–water partition coefficient (Wildman–Crippen LogP) is 4.92. The first-order valence-electron chi connectivity index (χ1n) is 18.1. The van der Waals surface area contributed by atoms with Crippen molar-refractivity contribution in [1.29, 1.82) is 0 Å². The lowest BCUT2D eigenvalue weighted by Crippen LogP contribution is -2.66. The zero-order valence-electron chi connectivity index (χ0n) is 32.4. The smallest absolute Gasteiger partial charge is 0.303 e. The molecule has 0 bridgehead atoms. The second kappa shape index (κ2) is 18.0. The lowest BCUT2D eigenvalue weighted by atomic mass is 9.44. The van der Waals surface area contributed by atoms with E-state index in [-0.39, 0.29) is 47.8 Å². The first-order chi connectivity index (χ1) is 24.2. The Bertz CT molecular complexity index is 1360. The highest BCUT2D eigenvalue weighted by Gasteiger charge is 2.62. The monoisotopic (exact) mass is 738 g/mol. The van der Waals surface area contributed by atoms with E-state index in [9.17, 15) is 28.8 Å². The largest absolute Gasteiger partial charge is 0.465 e. The van der Waals surface area contributed by atoms with Crippen molar-refractivity contribution in [1.82, 2.24) is 0 Å². The molecule has 3 rings (SSSR count). The van der Waals surface area contributed by atoms with E-state index >= 15 is 0 Å². The third kappa shape index (κ3) is 11.0. The Morgan fingerprint density at radius 2 is 1.27 bits per heavy atom. The Balaban J connectivity index is 2.10. The van der Waals surface area contributed by atoms with Crippen molar-refractivity contribution in [2.45, 2.75) is 150 Å². The number of fused-ring (bicyclic) bond motifs is 1. The summed E-state index contributed by atoms with van der Waals surface area (Å²) < 4.78 is 46.4. The molecule has 1 heterocycles. The molecule has 0 N–H and O–H groups in total. The minimum Gasteiger partial charge on any atom is -0.465 e. The molecule has 1 aliphatic heterocycles. The van der Waals surface area contributed by atoms with Crippen LogP contribution in [0.2, 0.25) is 0 Å². The molecule has 1 saturated heterocycles. The van der Waals surface area contributed by atoms with Crippen molar-refractivity contribution < 1.29 is 66.7 Å². The van der Waals surface area contributed by atoms with Crippen molar-refractivity contribution in [2.24, 2.45) is 22.7 Å². The Labute approximate surface area is 306 Å². The molecule has 0 amide bonds. The summed E-state index contributed by atoms with van der Waals surface area (Å²) in [7, 11) is 0. The lowest BCUT2D eigenvalue weighted by Gasteiger charge is -2.63. The maximum absolute atomic E-state index is 12.6. The van der Waals surface area contributed by atoms with Gasteiger partial charge < -0.3 is 37.9 Å². The highest BCUT2D eigenvalue weighted by molar-refractivity contribution is 5.69. The summed E-state index contributed by atoms with van der Waals surface area (Å²) in [6.07, 6.45) is 0.688. The fourth-order valence-electron chi connectivity index (χ4n) is 8.96. The van der Waals surface area contributed by atoms with Crippen molar-refractivity contribution in [3.05, 3.63) is 11.6 Å². The average molecular weight is 739 g/mol. The molecule has 0 aromatic heterocycles. The lowest BCUT2D eigenvalue weighted by molar-refractivity contribution is -0.346. The van der Waals surface area contributed by atoms with Gasteiger partial charge in [-0.25, -0.2) is 0 Å². The van der Waals surface area contributed by atoms with Gasteiger partial charge in [0.1, 0.15) is 19.3 Å². The Morgan fingerprint density at radius 3 is 1.85 bits per heavy atom. The van der Waals surface area contributed by atoms with Gasteiger partial charge >= 0.3 is 35.8 Å². The highest BCUT2D eigenvalue weighted by Crippen LogP contribution is 2.64. The van der Waals surface area contributed by atoms with E-state index in [1.54, 1.807) is 0 Å². The summed E-state index contributed by atoms with van der Waals surface area (Å²) in [5, 5.41) is 0. The first kappa shape index (κ1) is 42.9. The van der Waals surface area contributed by atoms with Gasteiger partial charge in [-0.2, -0.15) is 0 Å². The maximum Gasteiger partial charge on any atom is 0.303 e. The van der Waals surface area contributed by atoms with Gasteiger partial charge in [0.25, 0.3) is 0 Å². The molecule has 3 fully saturated rings. The van der Waals surface area contributed by atoms with E-state index in [0.717, 1.165) is 31.3 Å². The first-order valence-corrected chi connectivity index (χ1v) is 18.1. The van der Waals surface area contributed by atoms with E-state index < -0.39 is 60.2 Å². The highest BCUT2D eigenvalue weighted by atomic mass is 16.7. The summed E-state index contributed by atoms with van der Waals surface area (Å²) >= 11 is 0. The molecule has 0 unspecified atom stereocenters. The zero-order valence-corrected chi connectivity index (χ0v) is 32.4. The second-order valence-corrected chi connectivity index (χ2v) is 15.3. The van der Waals surface area contributed by atoms with E-state index in [2.05, 4.69) is 13.8 Å². The third-order valence-electron chi connectivity index (χ3n) is 11.0.